The van der Waals surface area contributed by atoms with Crippen LogP contribution >= 0.6 is 0 Å². The third-order valence-corrected chi connectivity index (χ3v) is 3.39. The van der Waals surface area contributed by atoms with Crippen LogP contribution in [0, 0.1) is 5.92 Å². The Hall–Kier alpha value is -0.380. The Labute approximate surface area is 92.4 Å². The average Bonchev–Trinajstić information content (AvgIpc) is 2.11. The molecule has 3 nitrogen and oxygen atoms in total. The van der Waals surface area contributed by atoms with Crippen molar-refractivity contribution in [3.63, 3.8) is 0 Å². The van der Waals surface area contributed by atoms with E-state index in [1.165, 1.54) is 5.06 Å². The monoisotopic (exact) mass is 213 g/mol. The molecular formula is C12H23NO2. The van der Waals surface area contributed by atoms with Gasteiger partial charge in [-0.2, -0.15) is 5.06 Å². The first-order chi connectivity index (χ1) is 6.70. The summed E-state index contributed by atoms with van der Waals surface area (Å²) < 4.78 is 0. The van der Waals surface area contributed by atoms with Crippen LogP contribution in [-0.2, 0) is 0 Å². The number of aliphatic hydroxyl groups is 1. The van der Waals surface area contributed by atoms with Crippen LogP contribution < -0.4 is 0 Å². The zero-order chi connectivity index (χ0) is 11.9. The summed E-state index contributed by atoms with van der Waals surface area (Å²) in [6.45, 7) is 11.6. The highest BCUT2D eigenvalue weighted by molar-refractivity contribution is 5.00. The fourth-order valence-electron chi connectivity index (χ4n) is 2.78. The van der Waals surface area contributed by atoms with E-state index in [1.807, 2.05) is 27.7 Å². The van der Waals surface area contributed by atoms with Crippen molar-refractivity contribution in [2.45, 2.75) is 57.7 Å². The molecule has 1 aliphatic rings. The largest absolute Gasteiger partial charge is 0.389 e. The molecule has 0 aromatic heterocycles. The van der Waals surface area contributed by atoms with Crippen LogP contribution in [0.15, 0.2) is 12.7 Å². The fraction of sp³-hybridized carbons (Fsp3) is 0.833. The second-order valence-corrected chi connectivity index (χ2v) is 5.83. The lowest BCUT2D eigenvalue weighted by atomic mass is 9.73. The summed E-state index contributed by atoms with van der Waals surface area (Å²) in [6.07, 6.45) is 2.67. The Morgan fingerprint density at radius 1 is 1.27 bits per heavy atom. The van der Waals surface area contributed by atoms with Crippen molar-refractivity contribution in [2.24, 2.45) is 5.92 Å². The molecule has 15 heavy (non-hydrogen) atoms. The Bertz CT molecular complexity index is 230. The van der Waals surface area contributed by atoms with E-state index in [1.54, 1.807) is 6.08 Å². The van der Waals surface area contributed by atoms with Crippen LogP contribution in [0.3, 0.4) is 0 Å². The summed E-state index contributed by atoms with van der Waals surface area (Å²) in [7, 11) is 0. The molecule has 1 atom stereocenters. The van der Waals surface area contributed by atoms with Crippen LogP contribution in [0.2, 0.25) is 0 Å². The van der Waals surface area contributed by atoms with Gasteiger partial charge in [-0.05, 0) is 46.5 Å². The summed E-state index contributed by atoms with van der Waals surface area (Å²) in [5.74, 6) is 0.177. The minimum atomic E-state index is -0.475. The maximum atomic E-state index is 10.1. The number of hydroxylamine groups is 2. The molecule has 0 spiro atoms. The first-order valence-corrected chi connectivity index (χ1v) is 5.50. The quantitative estimate of drug-likeness (QED) is 0.691. The molecule has 88 valence electrons. The molecule has 1 heterocycles. The first kappa shape index (κ1) is 12.7. The number of hydrogen-bond donors (Lipinski definition) is 2. The average molecular weight is 213 g/mol. The van der Waals surface area contributed by atoms with Crippen LogP contribution in [0.5, 0.6) is 0 Å². The lowest BCUT2D eigenvalue weighted by Crippen LogP contribution is -2.60. The van der Waals surface area contributed by atoms with Crippen LogP contribution in [0.4, 0.5) is 0 Å². The smallest absolute Gasteiger partial charge is 0.0747 e. The lowest BCUT2D eigenvalue weighted by molar-refractivity contribution is -0.255. The third kappa shape index (κ3) is 2.41. The Morgan fingerprint density at radius 3 is 2.00 bits per heavy atom. The van der Waals surface area contributed by atoms with Crippen molar-refractivity contribution in [3.8, 4) is 0 Å². The van der Waals surface area contributed by atoms with Gasteiger partial charge in [0.25, 0.3) is 0 Å². The normalized spacial score (nSPS) is 28.7. The molecule has 2 N–H and O–H groups in total. The maximum Gasteiger partial charge on any atom is 0.0747 e. The Morgan fingerprint density at radius 2 is 1.67 bits per heavy atom. The van der Waals surface area contributed by atoms with Crippen LogP contribution in [-0.4, -0.2) is 32.6 Å². The minimum Gasteiger partial charge on any atom is -0.389 e. The zero-order valence-corrected chi connectivity index (χ0v) is 10.2. The molecule has 0 aromatic rings. The van der Waals surface area contributed by atoms with Crippen LogP contribution in [0.25, 0.3) is 0 Å². The molecule has 1 unspecified atom stereocenters. The lowest BCUT2D eigenvalue weighted by Gasteiger charge is -2.52. The molecule has 0 bridgehead atoms. The third-order valence-electron chi connectivity index (χ3n) is 3.39. The zero-order valence-electron chi connectivity index (χ0n) is 10.2. The highest BCUT2D eigenvalue weighted by atomic mass is 16.5. The van der Waals surface area contributed by atoms with E-state index in [9.17, 15) is 10.3 Å². The topological polar surface area (TPSA) is 43.7 Å². The van der Waals surface area contributed by atoms with E-state index in [4.69, 9.17) is 0 Å². The van der Waals surface area contributed by atoms with Gasteiger partial charge < -0.3 is 10.3 Å². The summed E-state index contributed by atoms with van der Waals surface area (Å²) in [5.41, 5.74) is -0.590. The predicted octanol–water partition coefficient (Wildman–Crippen LogP) is 2.19. The molecule has 0 aromatic carbocycles. The van der Waals surface area contributed by atoms with Gasteiger partial charge in [-0.15, -0.1) is 6.58 Å². The van der Waals surface area contributed by atoms with Gasteiger partial charge in [0.2, 0.25) is 0 Å². The molecule has 0 saturated carbocycles. The van der Waals surface area contributed by atoms with E-state index in [0.29, 0.717) is 0 Å². The van der Waals surface area contributed by atoms with E-state index >= 15 is 0 Å². The van der Waals surface area contributed by atoms with Gasteiger partial charge in [-0.1, -0.05) is 6.08 Å². The van der Waals surface area contributed by atoms with Gasteiger partial charge in [0, 0.05) is 11.1 Å². The summed E-state index contributed by atoms with van der Waals surface area (Å²) in [5, 5.41) is 21.3. The minimum absolute atomic E-state index is 0.177. The van der Waals surface area contributed by atoms with E-state index < -0.39 is 6.10 Å². The number of aliphatic hydroxyl groups excluding tert-OH is 1. The number of rotatable bonds is 2. The SMILES string of the molecule is C=CC(O)C1CC(C)(C)N(O)C(C)(C)C1. The van der Waals surface area contributed by atoms with Crippen molar-refractivity contribution in [2.75, 3.05) is 0 Å². The molecule has 0 amide bonds. The predicted molar refractivity (Wildman–Crippen MR) is 60.7 cm³/mol. The summed E-state index contributed by atoms with van der Waals surface area (Å²) in [6, 6.07) is 0. The molecule has 1 fully saturated rings. The van der Waals surface area contributed by atoms with E-state index in [2.05, 4.69) is 6.58 Å². The van der Waals surface area contributed by atoms with Crippen molar-refractivity contribution in [3.05, 3.63) is 12.7 Å². The summed E-state index contributed by atoms with van der Waals surface area (Å²) >= 11 is 0. The number of hydrogen-bond acceptors (Lipinski definition) is 3. The molecule has 3 heteroatoms. The fourth-order valence-corrected chi connectivity index (χ4v) is 2.78. The molecule has 1 rings (SSSR count). The van der Waals surface area contributed by atoms with Gasteiger partial charge >= 0.3 is 0 Å². The van der Waals surface area contributed by atoms with Gasteiger partial charge in [-0.25, -0.2) is 0 Å². The summed E-state index contributed by atoms with van der Waals surface area (Å²) in [4.78, 5) is 0. The maximum absolute atomic E-state index is 10.1. The second kappa shape index (κ2) is 3.89. The van der Waals surface area contributed by atoms with Crippen molar-refractivity contribution in [1.29, 1.82) is 0 Å². The number of piperidine rings is 1. The second-order valence-electron chi connectivity index (χ2n) is 5.83. The standard InChI is InChI=1S/C12H23NO2/c1-6-10(14)9-7-11(2,3)13(15)12(4,5)8-9/h6,9-10,14-15H,1,7-8H2,2-5H3. The molecule has 1 saturated heterocycles. The molecule has 1 aliphatic heterocycles. The van der Waals surface area contributed by atoms with Gasteiger partial charge in [0.1, 0.15) is 0 Å². The molecule has 0 radical (unpaired) electrons. The first-order valence-electron chi connectivity index (χ1n) is 5.50. The van der Waals surface area contributed by atoms with E-state index in [0.717, 1.165) is 12.8 Å². The highest BCUT2D eigenvalue weighted by Crippen LogP contribution is 2.41. The van der Waals surface area contributed by atoms with Gasteiger partial charge in [-0.3, -0.25) is 0 Å². The van der Waals surface area contributed by atoms with Crippen molar-refractivity contribution >= 4 is 0 Å². The van der Waals surface area contributed by atoms with Crippen molar-refractivity contribution in [1.82, 2.24) is 5.06 Å². The number of nitrogens with zero attached hydrogens (tertiary/aromatic N) is 1. The highest BCUT2D eigenvalue weighted by Gasteiger charge is 2.46. The van der Waals surface area contributed by atoms with Crippen molar-refractivity contribution < 1.29 is 10.3 Å². The van der Waals surface area contributed by atoms with Crippen LogP contribution in [0.1, 0.15) is 40.5 Å². The Kier molecular flexibility index (Phi) is 3.29. The van der Waals surface area contributed by atoms with Gasteiger partial charge in [0.15, 0.2) is 0 Å². The van der Waals surface area contributed by atoms with Gasteiger partial charge in [0.05, 0.1) is 6.10 Å². The molecule has 0 aliphatic carbocycles. The van der Waals surface area contributed by atoms with E-state index in [-0.39, 0.29) is 17.0 Å². The molecular weight excluding hydrogens is 190 g/mol. The Balaban J connectivity index is 2.88.